The summed E-state index contributed by atoms with van der Waals surface area (Å²) in [6.45, 7) is 16.3. The first-order chi connectivity index (χ1) is 18.1. The topological polar surface area (TPSA) is 122 Å². The van der Waals surface area contributed by atoms with E-state index in [0.29, 0.717) is 58.6 Å². The summed E-state index contributed by atoms with van der Waals surface area (Å²) in [6.07, 6.45) is 1.97. The molecule has 0 amide bonds. The number of aromatic carboxylic acids is 1. The number of carbonyl (C=O) groups is 2. The number of azo groups is 1. The molecule has 38 heavy (non-hydrogen) atoms. The van der Waals surface area contributed by atoms with E-state index < -0.39 is 11.4 Å². The van der Waals surface area contributed by atoms with Crippen LogP contribution in [0.2, 0.25) is 0 Å². The average Bonchev–Trinajstić information content (AvgIpc) is 3.50. The van der Waals surface area contributed by atoms with Gasteiger partial charge in [0.05, 0.1) is 23.2 Å². The molecule has 0 atom stereocenters. The second-order valence-electron chi connectivity index (χ2n) is 9.60. The number of carboxylic acid groups (broad SMARTS) is 1. The molecule has 10 nitrogen and oxygen atoms in total. The van der Waals surface area contributed by atoms with Crippen LogP contribution < -0.4 is 4.90 Å². The van der Waals surface area contributed by atoms with Crippen LogP contribution in [0.25, 0.3) is 16.1 Å². The van der Waals surface area contributed by atoms with Crippen LogP contribution in [0.5, 0.6) is 0 Å². The summed E-state index contributed by atoms with van der Waals surface area (Å²) in [6, 6.07) is 6.45. The maximum Gasteiger partial charge on any atom is 0.335 e. The van der Waals surface area contributed by atoms with Gasteiger partial charge in [0.1, 0.15) is 11.8 Å². The number of anilines is 1. The van der Waals surface area contributed by atoms with Crippen molar-refractivity contribution in [1.29, 1.82) is 0 Å². The lowest BCUT2D eigenvalue weighted by Crippen LogP contribution is -2.39. The molecule has 198 valence electrons. The molecule has 0 unspecified atom stereocenters. The summed E-state index contributed by atoms with van der Waals surface area (Å²) in [7, 11) is 0. The highest BCUT2D eigenvalue weighted by Gasteiger charge is 2.32. The van der Waals surface area contributed by atoms with E-state index in [0.717, 1.165) is 23.1 Å². The standard InChI is InChI=1S/C26H28N6O4S2/c1-6-26(3,4)24(35)36-18-11-13-32(14-12-18)25-28-20(16-7-9-17(10-8-16)23(33)34)21(37-25)29-30-22-19(27-5)15(2)31-38-22/h7-10,18H,6,11-14H2,1-4H3,(H,33,34). The Kier molecular flexibility index (Phi) is 8.18. The number of thiazole rings is 1. The Hall–Kier alpha value is -3.69. The Balaban J connectivity index is 1.58. The predicted molar refractivity (Wildman–Crippen MR) is 147 cm³/mol. The molecule has 3 heterocycles. The van der Waals surface area contributed by atoms with Gasteiger partial charge in [-0.15, -0.1) is 10.2 Å². The van der Waals surface area contributed by atoms with Gasteiger partial charge in [-0.25, -0.2) is 19.0 Å². The normalized spacial score (nSPS) is 14.6. The van der Waals surface area contributed by atoms with Crippen molar-refractivity contribution < 1.29 is 19.4 Å². The van der Waals surface area contributed by atoms with Crippen LogP contribution in [0.15, 0.2) is 34.5 Å². The number of esters is 1. The predicted octanol–water partition coefficient (Wildman–Crippen LogP) is 7.19. The Morgan fingerprint density at radius 3 is 2.47 bits per heavy atom. The smallest absolute Gasteiger partial charge is 0.335 e. The average molecular weight is 553 g/mol. The van der Waals surface area contributed by atoms with Gasteiger partial charge < -0.3 is 14.7 Å². The fraction of sp³-hybridized carbons (Fsp3) is 0.423. The Morgan fingerprint density at radius 1 is 1.21 bits per heavy atom. The van der Waals surface area contributed by atoms with Crippen molar-refractivity contribution in [2.24, 2.45) is 15.6 Å². The molecule has 1 fully saturated rings. The van der Waals surface area contributed by atoms with Crippen LogP contribution in [-0.2, 0) is 9.53 Å². The third-order valence-corrected chi connectivity index (χ3v) is 8.40. The lowest BCUT2D eigenvalue weighted by molar-refractivity contribution is -0.160. The molecular weight excluding hydrogens is 524 g/mol. The Bertz CT molecular complexity index is 1400. The Morgan fingerprint density at radius 2 is 1.87 bits per heavy atom. The largest absolute Gasteiger partial charge is 0.478 e. The molecule has 0 spiro atoms. The summed E-state index contributed by atoms with van der Waals surface area (Å²) in [5.41, 5.74) is 1.95. The lowest BCUT2D eigenvalue weighted by Gasteiger charge is -2.33. The first kappa shape index (κ1) is 27.3. The molecule has 4 rings (SSSR count). The third kappa shape index (κ3) is 5.89. The molecule has 0 bridgehead atoms. The number of carboxylic acids is 1. The van der Waals surface area contributed by atoms with Gasteiger partial charge >= 0.3 is 11.9 Å². The number of carbonyl (C=O) groups excluding carboxylic acids is 1. The van der Waals surface area contributed by atoms with Crippen LogP contribution in [0.3, 0.4) is 0 Å². The first-order valence-electron chi connectivity index (χ1n) is 12.2. The molecule has 1 saturated heterocycles. The lowest BCUT2D eigenvalue weighted by atomic mass is 9.90. The van der Waals surface area contributed by atoms with Gasteiger partial charge in [0.25, 0.3) is 0 Å². The zero-order valence-corrected chi connectivity index (χ0v) is 23.2. The van der Waals surface area contributed by atoms with E-state index in [1.807, 2.05) is 20.8 Å². The quantitative estimate of drug-likeness (QED) is 0.178. The highest BCUT2D eigenvalue weighted by Crippen LogP contribution is 2.43. The number of ether oxygens (including phenoxy) is 1. The summed E-state index contributed by atoms with van der Waals surface area (Å²) in [5, 5.41) is 19.7. The van der Waals surface area contributed by atoms with E-state index in [2.05, 4.69) is 24.3 Å². The van der Waals surface area contributed by atoms with Gasteiger partial charge in [0.2, 0.25) is 5.69 Å². The number of benzene rings is 1. The molecule has 3 aromatic rings. The molecule has 2 aromatic heterocycles. The maximum atomic E-state index is 12.5. The summed E-state index contributed by atoms with van der Waals surface area (Å²) >= 11 is 2.48. The van der Waals surface area contributed by atoms with Crippen molar-refractivity contribution in [1.82, 2.24) is 9.36 Å². The van der Waals surface area contributed by atoms with Gasteiger partial charge in [-0.05, 0) is 50.9 Å². The highest BCUT2D eigenvalue weighted by molar-refractivity contribution is 7.19. The van der Waals surface area contributed by atoms with Crippen molar-refractivity contribution in [3.8, 4) is 11.3 Å². The minimum Gasteiger partial charge on any atom is -0.478 e. The molecule has 1 N–H and O–H groups in total. The maximum absolute atomic E-state index is 12.5. The van der Waals surface area contributed by atoms with Crippen LogP contribution in [-0.4, -0.2) is 45.6 Å². The summed E-state index contributed by atoms with van der Waals surface area (Å²) < 4.78 is 9.97. The van der Waals surface area contributed by atoms with Crippen molar-refractivity contribution in [2.45, 2.75) is 53.1 Å². The van der Waals surface area contributed by atoms with Gasteiger partial charge in [-0.1, -0.05) is 30.4 Å². The second kappa shape index (κ2) is 11.4. The van der Waals surface area contributed by atoms with Gasteiger partial charge in [-0.2, -0.15) is 0 Å². The SMILES string of the molecule is [C-]#[N+]c1c(C)nsc1N=Nc1sc(N2CCC(OC(=O)C(C)(C)CC)CC2)nc1-c1ccc(C(=O)O)cc1. The van der Waals surface area contributed by atoms with E-state index in [4.69, 9.17) is 16.3 Å². The minimum atomic E-state index is -1.01. The molecule has 1 aromatic carbocycles. The molecule has 12 heteroatoms. The van der Waals surface area contributed by atoms with Crippen LogP contribution >= 0.6 is 22.9 Å². The zero-order chi connectivity index (χ0) is 27.4. The zero-order valence-electron chi connectivity index (χ0n) is 21.6. The monoisotopic (exact) mass is 552 g/mol. The van der Waals surface area contributed by atoms with E-state index in [1.165, 1.54) is 23.5 Å². The number of aromatic nitrogens is 2. The van der Waals surface area contributed by atoms with Crippen molar-refractivity contribution in [3.05, 3.63) is 46.9 Å². The van der Waals surface area contributed by atoms with Crippen molar-refractivity contribution >= 4 is 55.6 Å². The number of hydrogen-bond acceptors (Lipinski definition) is 10. The molecule has 0 aliphatic carbocycles. The molecule has 0 radical (unpaired) electrons. The van der Waals surface area contributed by atoms with Crippen molar-refractivity contribution in [2.75, 3.05) is 18.0 Å². The van der Waals surface area contributed by atoms with Crippen LogP contribution in [0.1, 0.15) is 56.1 Å². The fourth-order valence-corrected chi connectivity index (χ4v) is 5.35. The number of aryl methyl sites for hydroxylation is 1. The minimum absolute atomic E-state index is 0.131. The summed E-state index contributed by atoms with van der Waals surface area (Å²) in [4.78, 5) is 34.3. The van der Waals surface area contributed by atoms with E-state index in [-0.39, 0.29) is 17.6 Å². The number of nitrogens with zero attached hydrogens (tertiary/aromatic N) is 6. The Labute approximate surface area is 229 Å². The van der Waals surface area contributed by atoms with Crippen LogP contribution in [0.4, 0.5) is 20.8 Å². The van der Waals surface area contributed by atoms with Crippen molar-refractivity contribution in [3.63, 3.8) is 0 Å². The highest BCUT2D eigenvalue weighted by atomic mass is 32.1. The molecular formula is C26H28N6O4S2. The summed E-state index contributed by atoms with van der Waals surface area (Å²) in [5.74, 6) is -1.17. The molecule has 1 aliphatic heterocycles. The first-order valence-corrected chi connectivity index (χ1v) is 13.8. The second-order valence-corrected chi connectivity index (χ2v) is 11.3. The van der Waals surface area contributed by atoms with E-state index >= 15 is 0 Å². The van der Waals surface area contributed by atoms with Gasteiger partial charge in [0.15, 0.2) is 15.1 Å². The number of rotatable bonds is 8. The molecule has 1 aliphatic rings. The van der Waals surface area contributed by atoms with Crippen LogP contribution in [0, 0.1) is 18.9 Å². The van der Waals surface area contributed by atoms with E-state index in [9.17, 15) is 14.7 Å². The number of hydrogen-bond donors (Lipinski definition) is 1. The number of piperidine rings is 1. The van der Waals surface area contributed by atoms with Gasteiger partial charge in [-0.3, -0.25) is 4.79 Å². The third-order valence-electron chi connectivity index (χ3n) is 6.58. The molecule has 0 saturated carbocycles. The fourth-order valence-electron chi connectivity index (χ4n) is 3.72. The van der Waals surface area contributed by atoms with Gasteiger partial charge in [0, 0.05) is 31.5 Å². The van der Waals surface area contributed by atoms with E-state index in [1.54, 1.807) is 19.1 Å².